The van der Waals surface area contributed by atoms with Crippen molar-refractivity contribution >= 4 is 11.9 Å². The van der Waals surface area contributed by atoms with Crippen LogP contribution in [0.5, 0.6) is 0 Å². The number of carbonyl (C=O) groups is 1. The van der Waals surface area contributed by atoms with Gasteiger partial charge in [-0.1, -0.05) is 34.9 Å². The Morgan fingerprint density at radius 3 is 2.76 bits per heavy atom. The molecule has 0 saturated heterocycles. The Kier molecular flexibility index (Phi) is 4.52. The molecule has 0 radical (unpaired) electrons. The molecule has 21 heavy (non-hydrogen) atoms. The average molecular weight is 288 g/mol. The van der Waals surface area contributed by atoms with E-state index in [9.17, 15) is 4.79 Å². The smallest absolute Gasteiger partial charge is 0.245 e. The number of benzene rings is 1. The summed E-state index contributed by atoms with van der Waals surface area (Å²) >= 11 is 0. The van der Waals surface area contributed by atoms with Crippen LogP contribution in [-0.4, -0.2) is 37.1 Å². The Morgan fingerprint density at radius 1 is 1.43 bits per heavy atom. The molecule has 0 aliphatic carbocycles. The standard InChI is InChI=1S/C14H20N6O/c1-10(2)19(8-12-6-4-5-11(3)7-12)13(21)9-20-14(15)16-17-18-20/h4-7,10H,8-9H2,1-3H3,(H2,15,16,18). The molecule has 2 rings (SSSR count). The molecule has 0 unspecified atom stereocenters. The number of anilines is 1. The Balaban J connectivity index is 2.11. The lowest BCUT2D eigenvalue weighted by Gasteiger charge is -2.27. The summed E-state index contributed by atoms with van der Waals surface area (Å²) in [6.07, 6.45) is 0. The quantitative estimate of drug-likeness (QED) is 0.886. The first-order valence-electron chi connectivity index (χ1n) is 6.84. The van der Waals surface area contributed by atoms with Gasteiger partial charge in [-0.25, -0.2) is 4.68 Å². The number of carbonyl (C=O) groups excluding carboxylic acids is 1. The molecule has 0 bridgehead atoms. The number of rotatable bonds is 5. The summed E-state index contributed by atoms with van der Waals surface area (Å²) in [4.78, 5) is 14.2. The molecule has 1 amide bonds. The van der Waals surface area contributed by atoms with Gasteiger partial charge in [-0.15, -0.1) is 0 Å². The van der Waals surface area contributed by atoms with Crippen molar-refractivity contribution in [1.29, 1.82) is 0 Å². The maximum absolute atomic E-state index is 12.4. The molecule has 0 saturated carbocycles. The fourth-order valence-corrected chi connectivity index (χ4v) is 2.11. The second-order valence-electron chi connectivity index (χ2n) is 5.30. The van der Waals surface area contributed by atoms with Crippen molar-refractivity contribution in [2.24, 2.45) is 0 Å². The molecule has 1 heterocycles. The summed E-state index contributed by atoms with van der Waals surface area (Å²) in [5.74, 6) is 0.0770. The SMILES string of the molecule is Cc1cccc(CN(C(=O)Cn2nnnc2N)C(C)C)c1. The van der Waals surface area contributed by atoms with E-state index < -0.39 is 0 Å². The minimum atomic E-state index is -0.0643. The van der Waals surface area contributed by atoms with E-state index in [1.807, 2.05) is 39.0 Å². The lowest BCUT2D eigenvalue weighted by atomic mass is 10.1. The molecule has 0 spiro atoms. The zero-order chi connectivity index (χ0) is 15.4. The molecular formula is C14H20N6O. The van der Waals surface area contributed by atoms with Crippen LogP contribution < -0.4 is 5.73 Å². The van der Waals surface area contributed by atoms with E-state index in [4.69, 9.17) is 5.73 Å². The molecule has 112 valence electrons. The predicted molar refractivity (Wildman–Crippen MR) is 79.1 cm³/mol. The van der Waals surface area contributed by atoms with Crippen molar-refractivity contribution in [1.82, 2.24) is 25.1 Å². The maximum atomic E-state index is 12.4. The Bertz CT molecular complexity index is 621. The normalized spacial score (nSPS) is 10.9. The van der Waals surface area contributed by atoms with Gasteiger partial charge in [0.15, 0.2) is 0 Å². The number of nitrogens with zero attached hydrogens (tertiary/aromatic N) is 5. The number of nitrogen functional groups attached to an aromatic ring is 1. The van der Waals surface area contributed by atoms with E-state index in [-0.39, 0.29) is 24.4 Å². The minimum Gasteiger partial charge on any atom is -0.367 e. The predicted octanol–water partition coefficient (Wildman–Crippen LogP) is 1.00. The van der Waals surface area contributed by atoms with Gasteiger partial charge in [-0.3, -0.25) is 4.79 Å². The zero-order valence-corrected chi connectivity index (χ0v) is 12.5. The van der Waals surface area contributed by atoms with E-state index >= 15 is 0 Å². The molecule has 0 aliphatic rings. The highest BCUT2D eigenvalue weighted by atomic mass is 16.2. The topological polar surface area (TPSA) is 89.9 Å². The third-order valence-electron chi connectivity index (χ3n) is 3.22. The summed E-state index contributed by atoms with van der Waals surface area (Å²) in [6, 6.07) is 8.20. The lowest BCUT2D eigenvalue weighted by Crippen LogP contribution is -2.39. The third-order valence-corrected chi connectivity index (χ3v) is 3.22. The highest BCUT2D eigenvalue weighted by Gasteiger charge is 2.19. The van der Waals surface area contributed by atoms with Crippen LogP contribution in [0.15, 0.2) is 24.3 Å². The van der Waals surface area contributed by atoms with Gasteiger partial charge in [-0.2, -0.15) is 0 Å². The number of amides is 1. The second-order valence-corrected chi connectivity index (χ2v) is 5.30. The van der Waals surface area contributed by atoms with Crippen molar-refractivity contribution in [3.05, 3.63) is 35.4 Å². The molecular weight excluding hydrogens is 268 g/mol. The zero-order valence-electron chi connectivity index (χ0n) is 12.5. The van der Waals surface area contributed by atoms with Gasteiger partial charge in [0, 0.05) is 12.6 Å². The minimum absolute atomic E-state index is 0.0445. The number of aromatic nitrogens is 4. The Morgan fingerprint density at radius 2 is 2.19 bits per heavy atom. The fraction of sp³-hybridized carbons (Fsp3) is 0.429. The summed E-state index contributed by atoms with van der Waals surface area (Å²) in [6.45, 7) is 6.60. The Labute approximate surface area is 123 Å². The molecule has 0 atom stereocenters. The van der Waals surface area contributed by atoms with Gasteiger partial charge in [-0.05, 0) is 36.8 Å². The first-order valence-corrected chi connectivity index (χ1v) is 6.84. The first-order chi connectivity index (χ1) is 9.97. The van der Waals surface area contributed by atoms with E-state index in [1.165, 1.54) is 10.2 Å². The second kappa shape index (κ2) is 6.34. The highest BCUT2D eigenvalue weighted by molar-refractivity contribution is 5.76. The van der Waals surface area contributed by atoms with Crippen LogP contribution >= 0.6 is 0 Å². The van der Waals surface area contributed by atoms with Gasteiger partial charge in [0.1, 0.15) is 6.54 Å². The highest BCUT2D eigenvalue weighted by Crippen LogP contribution is 2.11. The summed E-state index contributed by atoms with van der Waals surface area (Å²) < 4.78 is 1.30. The van der Waals surface area contributed by atoms with Gasteiger partial charge >= 0.3 is 0 Å². The number of tetrazole rings is 1. The molecule has 0 aliphatic heterocycles. The first kappa shape index (κ1) is 15.0. The lowest BCUT2D eigenvalue weighted by molar-refractivity contribution is -0.134. The summed E-state index contributed by atoms with van der Waals surface area (Å²) in [5, 5.41) is 10.7. The van der Waals surface area contributed by atoms with Crippen LogP contribution in [0.4, 0.5) is 5.95 Å². The van der Waals surface area contributed by atoms with Gasteiger partial charge in [0.2, 0.25) is 11.9 Å². The van der Waals surface area contributed by atoms with E-state index in [0.717, 1.165) is 5.56 Å². The summed E-state index contributed by atoms with van der Waals surface area (Å²) in [5.41, 5.74) is 7.87. The molecule has 1 aromatic carbocycles. The van der Waals surface area contributed by atoms with Crippen molar-refractivity contribution in [3.8, 4) is 0 Å². The van der Waals surface area contributed by atoms with Gasteiger partial charge < -0.3 is 10.6 Å². The Hall–Kier alpha value is -2.44. The third kappa shape index (κ3) is 3.77. The fourth-order valence-electron chi connectivity index (χ4n) is 2.11. The molecule has 0 fully saturated rings. The molecule has 1 aromatic heterocycles. The van der Waals surface area contributed by atoms with Crippen molar-refractivity contribution < 1.29 is 4.79 Å². The average Bonchev–Trinajstić information content (AvgIpc) is 2.81. The van der Waals surface area contributed by atoms with Crippen LogP contribution in [-0.2, 0) is 17.9 Å². The summed E-state index contributed by atoms with van der Waals surface area (Å²) in [7, 11) is 0. The molecule has 2 aromatic rings. The number of aryl methyl sites for hydroxylation is 1. The van der Waals surface area contributed by atoms with Crippen LogP contribution in [0.1, 0.15) is 25.0 Å². The van der Waals surface area contributed by atoms with Crippen LogP contribution in [0, 0.1) is 6.92 Å². The van der Waals surface area contributed by atoms with Crippen LogP contribution in [0.3, 0.4) is 0 Å². The van der Waals surface area contributed by atoms with Crippen LogP contribution in [0.25, 0.3) is 0 Å². The van der Waals surface area contributed by atoms with Crippen LogP contribution in [0.2, 0.25) is 0 Å². The van der Waals surface area contributed by atoms with E-state index in [2.05, 4.69) is 21.6 Å². The number of hydrogen-bond donors (Lipinski definition) is 1. The largest absolute Gasteiger partial charge is 0.367 e. The number of nitrogens with two attached hydrogens (primary N) is 1. The molecule has 7 nitrogen and oxygen atoms in total. The molecule has 2 N–H and O–H groups in total. The van der Waals surface area contributed by atoms with Crippen molar-refractivity contribution in [2.75, 3.05) is 5.73 Å². The maximum Gasteiger partial charge on any atom is 0.245 e. The van der Waals surface area contributed by atoms with Gasteiger partial charge in [0.05, 0.1) is 0 Å². The van der Waals surface area contributed by atoms with E-state index in [1.54, 1.807) is 4.90 Å². The van der Waals surface area contributed by atoms with E-state index in [0.29, 0.717) is 6.54 Å². The van der Waals surface area contributed by atoms with Crippen molar-refractivity contribution in [2.45, 2.75) is 39.9 Å². The number of hydrogen-bond acceptors (Lipinski definition) is 5. The molecule has 7 heteroatoms. The monoisotopic (exact) mass is 288 g/mol. The van der Waals surface area contributed by atoms with Crippen molar-refractivity contribution in [3.63, 3.8) is 0 Å². The van der Waals surface area contributed by atoms with Gasteiger partial charge in [0.25, 0.3) is 0 Å².